The average molecular weight is 390 g/mol. The van der Waals surface area contributed by atoms with Crippen molar-refractivity contribution in [1.29, 1.82) is 0 Å². The van der Waals surface area contributed by atoms with Crippen LogP contribution in [0.1, 0.15) is 27.0 Å². The summed E-state index contributed by atoms with van der Waals surface area (Å²) in [5, 5.41) is 9.39. The van der Waals surface area contributed by atoms with E-state index in [-0.39, 0.29) is 17.5 Å². The minimum Gasteiger partial charge on any atom is -0.508 e. The third-order valence-electron chi connectivity index (χ3n) is 5.46. The first-order valence-electron chi connectivity index (χ1n) is 9.62. The number of fused-ring (bicyclic) bond motifs is 1. The van der Waals surface area contributed by atoms with Crippen molar-refractivity contribution < 1.29 is 23.9 Å². The van der Waals surface area contributed by atoms with Crippen LogP contribution in [0.3, 0.4) is 0 Å². The quantitative estimate of drug-likeness (QED) is 0.656. The molecule has 148 valence electrons. The smallest absolute Gasteiger partial charge is 0.173 e. The molecule has 29 heavy (non-hydrogen) atoms. The summed E-state index contributed by atoms with van der Waals surface area (Å²) >= 11 is 0. The highest BCUT2D eigenvalue weighted by molar-refractivity contribution is 6.03. The van der Waals surface area contributed by atoms with Gasteiger partial charge < -0.3 is 14.6 Å². The largest absolute Gasteiger partial charge is 0.508 e. The van der Waals surface area contributed by atoms with Crippen LogP contribution in [0.25, 0.3) is 0 Å². The van der Waals surface area contributed by atoms with Gasteiger partial charge in [0.2, 0.25) is 0 Å². The van der Waals surface area contributed by atoms with Crippen molar-refractivity contribution >= 4 is 5.78 Å². The van der Waals surface area contributed by atoms with E-state index >= 15 is 0 Å². The average Bonchev–Trinajstić information content (AvgIpc) is 3.04. The number of hydrogen-bond donors (Lipinski definition) is 1. The summed E-state index contributed by atoms with van der Waals surface area (Å²) in [7, 11) is 3.19. The Bertz CT molecular complexity index is 1030. The maximum Gasteiger partial charge on any atom is 0.173 e. The van der Waals surface area contributed by atoms with Crippen LogP contribution in [0, 0.1) is 5.92 Å². The molecule has 4 rings (SSSR count). The minimum atomic E-state index is -0.0604. The lowest BCUT2D eigenvalue weighted by Gasteiger charge is -2.09. The Labute approximate surface area is 170 Å². The van der Waals surface area contributed by atoms with E-state index < -0.39 is 0 Å². The van der Waals surface area contributed by atoms with Crippen molar-refractivity contribution in [3.8, 4) is 17.2 Å². The van der Waals surface area contributed by atoms with E-state index in [9.17, 15) is 9.90 Å². The summed E-state index contributed by atoms with van der Waals surface area (Å²) in [4.78, 5) is 12.9. The Morgan fingerprint density at radius 1 is 0.966 bits per heavy atom. The number of pyridine rings is 1. The first-order valence-corrected chi connectivity index (χ1v) is 9.62. The first kappa shape index (κ1) is 19.0. The number of carbonyl (C=O) groups excluding carboxylic acids is 1. The van der Waals surface area contributed by atoms with Gasteiger partial charge in [-0.2, -0.15) is 0 Å². The van der Waals surface area contributed by atoms with Crippen LogP contribution >= 0.6 is 0 Å². The lowest BCUT2D eigenvalue weighted by molar-refractivity contribution is -0.688. The number of carbonyl (C=O) groups is 1. The van der Waals surface area contributed by atoms with Gasteiger partial charge in [-0.25, -0.2) is 4.57 Å². The van der Waals surface area contributed by atoms with Gasteiger partial charge in [-0.05, 0) is 60.4 Å². The molecular formula is C24H24NO4+. The van der Waals surface area contributed by atoms with Crippen molar-refractivity contribution in [2.75, 3.05) is 14.2 Å². The van der Waals surface area contributed by atoms with Gasteiger partial charge in [0.1, 0.15) is 5.75 Å². The third kappa shape index (κ3) is 3.94. The predicted octanol–water partition coefficient (Wildman–Crippen LogP) is 3.34. The number of rotatable bonds is 6. The van der Waals surface area contributed by atoms with Crippen molar-refractivity contribution in [3.05, 3.63) is 83.2 Å². The fourth-order valence-corrected chi connectivity index (χ4v) is 3.89. The molecule has 1 N–H and O–H groups in total. The highest BCUT2D eigenvalue weighted by Crippen LogP contribution is 2.37. The maximum atomic E-state index is 12.9. The lowest BCUT2D eigenvalue weighted by Crippen LogP contribution is -2.33. The molecule has 0 bridgehead atoms. The number of benzene rings is 2. The molecule has 2 aromatic carbocycles. The molecule has 1 aliphatic rings. The number of methoxy groups -OCH3 is 2. The Morgan fingerprint density at radius 2 is 1.62 bits per heavy atom. The Kier molecular flexibility index (Phi) is 5.21. The third-order valence-corrected chi connectivity index (χ3v) is 5.46. The summed E-state index contributed by atoms with van der Waals surface area (Å²) in [5.74, 6) is 1.63. The number of aromatic nitrogens is 1. The molecule has 1 unspecified atom stereocenters. The van der Waals surface area contributed by atoms with Gasteiger partial charge in [0.15, 0.2) is 36.2 Å². The van der Waals surface area contributed by atoms with Gasteiger partial charge in [0, 0.05) is 29.2 Å². The van der Waals surface area contributed by atoms with Gasteiger partial charge in [-0.15, -0.1) is 0 Å². The van der Waals surface area contributed by atoms with Crippen LogP contribution in [0.4, 0.5) is 0 Å². The Hall–Kier alpha value is -3.34. The van der Waals surface area contributed by atoms with Crippen LogP contribution in [-0.2, 0) is 19.4 Å². The summed E-state index contributed by atoms with van der Waals surface area (Å²) < 4.78 is 12.8. The molecule has 5 heteroatoms. The topological polar surface area (TPSA) is 59.6 Å². The summed E-state index contributed by atoms with van der Waals surface area (Å²) in [5.41, 5.74) is 4.02. The van der Waals surface area contributed by atoms with Gasteiger partial charge in [0.25, 0.3) is 0 Å². The second kappa shape index (κ2) is 7.95. The standard InChI is InChI=1S/C24H23NO4/c1-28-22-13-18-12-19(24(27)21(18)14-23(22)29-2)11-16-7-9-25(10-8-16)15-17-3-5-20(26)6-4-17/h3-10,13-14,19H,11-12,15H2,1-2H3/p+1. The van der Waals surface area contributed by atoms with Gasteiger partial charge in [0.05, 0.1) is 14.2 Å². The van der Waals surface area contributed by atoms with E-state index in [1.54, 1.807) is 32.4 Å². The molecule has 1 heterocycles. The molecule has 0 aliphatic heterocycles. The molecule has 0 fully saturated rings. The predicted molar refractivity (Wildman–Crippen MR) is 109 cm³/mol. The van der Waals surface area contributed by atoms with Crippen LogP contribution in [-0.4, -0.2) is 25.1 Å². The van der Waals surface area contributed by atoms with E-state index in [0.29, 0.717) is 17.9 Å². The van der Waals surface area contributed by atoms with Crippen LogP contribution in [0.15, 0.2) is 60.9 Å². The highest BCUT2D eigenvalue weighted by atomic mass is 16.5. The molecule has 0 radical (unpaired) electrons. The maximum absolute atomic E-state index is 12.9. The number of ether oxygens (including phenoxy) is 2. The molecule has 1 atom stereocenters. The lowest BCUT2D eigenvalue weighted by atomic mass is 9.96. The first-order chi connectivity index (χ1) is 14.1. The highest BCUT2D eigenvalue weighted by Gasteiger charge is 2.32. The zero-order chi connectivity index (χ0) is 20.4. The van der Waals surface area contributed by atoms with Crippen LogP contribution < -0.4 is 14.0 Å². The monoisotopic (exact) mass is 390 g/mol. The van der Waals surface area contributed by atoms with E-state index in [4.69, 9.17) is 9.47 Å². The number of hydrogen-bond acceptors (Lipinski definition) is 4. The fourth-order valence-electron chi connectivity index (χ4n) is 3.89. The molecular weight excluding hydrogens is 366 g/mol. The number of Topliss-reactive ketones (excluding diaryl/α,β-unsaturated/α-hetero) is 1. The Balaban J connectivity index is 1.45. The summed E-state index contributed by atoms with van der Waals surface area (Å²) in [6.07, 6.45) is 5.48. The Morgan fingerprint density at radius 3 is 2.28 bits per heavy atom. The molecule has 0 spiro atoms. The van der Waals surface area contributed by atoms with E-state index in [0.717, 1.165) is 35.2 Å². The number of phenols is 1. The molecule has 5 nitrogen and oxygen atoms in total. The van der Waals surface area contributed by atoms with Crippen LogP contribution in [0.2, 0.25) is 0 Å². The van der Waals surface area contributed by atoms with Crippen molar-refractivity contribution in [2.24, 2.45) is 5.92 Å². The van der Waals surface area contributed by atoms with Gasteiger partial charge in [-0.1, -0.05) is 0 Å². The summed E-state index contributed by atoms with van der Waals surface area (Å²) in [6.45, 7) is 0.730. The normalized spacial score (nSPS) is 15.2. The minimum absolute atomic E-state index is 0.0604. The fraction of sp³-hybridized carbons (Fsp3) is 0.250. The van der Waals surface area contributed by atoms with E-state index in [1.807, 2.05) is 30.6 Å². The number of nitrogens with zero attached hydrogens (tertiary/aromatic N) is 1. The molecule has 0 saturated heterocycles. The molecule has 1 aliphatic carbocycles. The van der Waals surface area contributed by atoms with Crippen molar-refractivity contribution in [1.82, 2.24) is 0 Å². The number of phenolic OH excluding ortho intramolecular Hbond substituents is 1. The van der Waals surface area contributed by atoms with Crippen LogP contribution in [0.5, 0.6) is 17.2 Å². The van der Waals surface area contributed by atoms with Gasteiger partial charge in [-0.3, -0.25) is 4.79 Å². The molecule has 1 aromatic heterocycles. The van der Waals surface area contributed by atoms with Crippen molar-refractivity contribution in [2.45, 2.75) is 19.4 Å². The number of aromatic hydroxyl groups is 1. The second-order valence-corrected chi connectivity index (χ2v) is 7.38. The van der Waals surface area contributed by atoms with E-state index in [1.165, 1.54) is 0 Å². The molecule has 0 amide bonds. The number of ketones is 1. The van der Waals surface area contributed by atoms with E-state index in [2.05, 4.69) is 16.7 Å². The zero-order valence-corrected chi connectivity index (χ0v) is 16.6. The second-order valence-electron chi connectivity index (χ2n) is 7.38. The van der Waals surface area contributed by atoms with Gasteiger partial charge >= 0.3 is 0 Å². The summed E-state index contributed by atoms with van der Waals surface area (Å²) in [6, 6.07) is 15.1. The zero-order valence-electron chi connectivity index (χ0n) is 16.6. The molecule has 0 saturated carbocycles. The molecule has 3 aromatic rings. The van der Waals surface area contributed by atoms with Crippen molar-refractivity contribution in [3.63, 3.8) is 0 Å². The SMILES string of the molecule is COc1cc2c(cc1OC)C(=O)C(Cc1cc[n+](Cc3ccc(O)cc3)cc1)C2.